The van der Waals surface area contributed by atoms with Gasteiger partial charge in [0.2, 0.25) is 11.8 Å². The van der Waals surface area contributed by atoms with E-state index >= 15 is 0 Å². The van der Waals surface area contributed by atoms with Crippen molar-refractivity contribution in [2.45, 2.75) is 56.9 Å². The van der Waals surface area contributed by atoms with Gasteiger partial charge in [-0.1, -0.05) is 12.8 Å². The van der Waals surface area contributed by atoms with Crippen LogP contribution in [0.2, 0.25) is 0 Å². The zero-order valence-corrected chi connectivity index (χ0v) is 12.8. The molecule has 2 N–H and O–H groups in total. The third-order valence-electron chi connectivity index (χ3n) is 5.26. The Labute approximate surface area is 130 Å². The first-order chi connectivity index (χ1) is 10.5. The summed E-state index contributed by atoms with van der Waals surface area (Å²) < 4.78 is 0. The maximum Gasteiger partial charge on any atom is 0.329 e. The molecule has 1 aliphatic heterocycles. The third-order valence-corrected chi connectivity index (χ3v) is 5.26. The van der Waals surface area contributed by atoms with Crippen LogP contribution < -0.4 is 5.32 Å². The van der Waals surface area contributed by atoms with Crippen LogP contribution in [-0.2, 0) is 14.4 Å². The molecular weight excluding hydrogens is 284 g/mol. The van der Waals surface area contributed by atoms with Crippen LogP contribution in [0.1, 0.15) is 51.4 Å². The summed E-state index contributed by atoms with van der Waals surface area (Å²) in [5, 5.41) is 12.2. The first kappa shape index (κ1) is 15.3. The molecule has 6 nitrogen and oxygen atoms in total. The number of aliphatic carboxylic acids is 1. The zero-order chi connectivity index (χ0) is 15.7. The Bertz CT molecular complexity index is 481. The average molecular weight is 308 g/mol. The lowest BCUT2D eigenvalue weighted by molar-refractivity contribution is -0.149. The molecule has 122 valence electrons. The molecule has 1 saturated heterocycles. The summed E-state index contributed by atoms with van der Waals surface area (Å²) >= 11 is 0. The molecule has 1 heterocycles. The van der Waals surface area contributed by atoms with Gasteiger partial charge in [0.05, 0.1) is 5.92 Å². The van der Waals surface area contributed by atoms with Crippen molar-refractivity contribution in [2.75, 3.05) is 13.1 Å². The molecule has 3 aliphatic rings. The number of hydrogen-bond acceptors (Lipinski definition) is 3. The number of carboxylic acid groups (broad SMARTS) is 1. The third kappa shape index (κ3) is 2.96. The monoisotopic (exact) mass is 308 g/mol. The topological polar surface area (TPSA) is 86.7 Å². The highest BCUT2D eigenvalue weighted by atomic mass is 16.4. The van der Waals surface area contributed by atoms with Crippen LogP contribution in [0.15, 0.2) is 0 Å². The largest absolute Gasteiger partial charge is 0.480 e. The maximum atomic E-state index is 12.5. The van der Waals surface area contributed by atoms with Crippen LogP contribution in [0.25, 0.3) is 0 Å². The number of carboxylic acids is 1. The fraction of sp³-hybridized carbons (Fsp3) is 0.812. The predicted octanol–water partition coefficient (Wildman–Crippen LogP) is 1.15. The number of amides is 2. The molecule has 1 unspecified atom stereocenters. The summed E-state index contributed by atoms with van der Waals surface area (Å²) in [5.74, 6) is -1.06. The molecule has 0 spiro atoms. The van der Waals surface area contributed by atoms with E-state index in [9.17, 15) is 19.5 Å². The van der Waals surface area contributed by atoms with E-state index in [2.05, 4.69) is 5.32 Å². The normalized spacial score (nSPS) is 27.5. The van der Waals surface area contributed by atoms with E-state index < -0.39 is 11.5 Å². The Morgan fingerprint density at radius 3 is 2.27 bits per heavy atom. The molecule has 6 heteroatoms. The van der Waals surface area contributed by atoms with E-state index in [0.717, 1.165) is 45.1 Å². The number of carbonyl (C=O) groups is 3. The molecule has 0 bridgehead atoms. The van der Waals surface area contributed by atoms with Gasteiger partial charge >= 0.3 is 5.97 Å². The molecular formula is C16H24N2O4. The highest BCUT2D eigenvalue weighted by Crippen LogP contribution is 2.33. The van der Waals surface area contributed by atoms with Crippen LogP contribution >= 0.6 is 0 Å². The summed E-state index contributed by atoms with van der Waals surface area (Å²) in [5.41, 5.74) is -1.08. The minimum atomic E-state index is -1.08. The number of hydrogen-bond donors (Lipinski definition) is 2. The predicted molar refractivity (Wildman–Crippen MR) is 79.0 cm³/mol. The average Bonchev–Trinajstić information content (AvgIpc) is 3.26. The van der Waals surface area contributed by atoms with Gasteiger partial charge in [0, 0.05) is 19.0 Å². The van der Waals surface area contributed by atoms with Crippen molar-refractivity contribution in [1.82, 2.24) is 10.2 Å². The molecule has 0 aromatic heterocycles. The van der Waals surface area contributed by atoms with Crippen molar-refractivity contribution in [3.05, 3.63) is 0 Å². The van der Waals surface area contributed by atoms with Gasteiger partial charge < -0.3 is 15.3 Å². The molecule has 2 amide bonds. The van der Waals surface area contributed by atoms with E-state index in [-0.39, 0.29) is 23.7 Å². The molecule has 2 aliphatic carbocycles. The molecule has 3 rings (SSSR count). The van der Waals surface area contributed by atoms with E-state index in [0.29, 0.717) is 19.4 Å². The Hall–Kier alpha value is -1.59. The van der Waals surface area contributed by atoms with Gasteiger partial charge in [0.25, 0.3) is 0 Å². The molecule has 0 radical (unpaired) electrons. The van der Waals surface area contributed by atoms with Crippen LogP contribution in [-0.4, -0.2) is 46.4 Å². The Kier molecular flexibility index (Phi) is 4.10. The number of likely N-dealkylation sites (tertiary alicyclic amines) is 1. The summed E-state index contributed by atoms with van der Waals surface area (Å²) in [6, 6.07) is 0. The van der Waals surface area contributed by atoms with Crippen molar-refractivity contribution >= 4 is 17.8 Å². The standard InChI is InChI=1S/C16H24N2O4/c19-13(17-16(15(21)22)7-1-2-8-16)12-4-3-9-18(10-12)14(20)11-5-6-11/h11-12H,1-10H2,(H,17,19)(H,21,22). The van der Waals surface area contributed by atoms with Crippen LogP contribution in [0.4, 0.5) is 0 Å². The Balaban J connectivity index is 1.61. The fourth-order valence-electron chi connectivity index (χ4n) is 3.69. The Morgan fingerprint density at radius 1 is 1.00 bits per heavy atom. The van der Waals surface area contributed by atoms with Gasteiger partial charge in [-0.05, 0) is 38.5 Å². The number of carbonyl (C=O) groups excluding carboxylic acids is 2. The van der Waals surface area contributed by atoms with Crippen molar-refractivity contribution < 1.29 is 19.5 Å². The van der Waals surface area contributed by atoms with E-state index in [1.54, 1.807) is 4.90 Å². The number of rotatable bonds is 4. The van der Waals surface area contributed by atoms with E-state index in [1.807, 2.05) is 0 Å². The van der Waals surface area contributed by atoms with Crippen molar-refractivity contribution in [2.24, 2.45) is 11.8 Å². The van der Waals surface area contributed by atoms with Gasteiger partial charge in [-0.25, -0.2) is 4.79 Å². The summed E-state index contributed by atoms with van der Waals surface area (Å²) in [4.78, 5) is 38.0. The number of piperidine rings is 1. The quantitative estimate of drug-likeness (QED) is 0.815. The van der Waals surface area contributed by atoms with Crippen molar-refractivity contribution in [3.8, 4) is 0 Å². The van der Waals surface area contributed by atoms with Gasteiger partial charge in [-0.2, -0.15) is 0 Å². The lowest BCUT2D eigenvalue weighted by atomic mass is 9.92. The second kappa shape index (κ2) is 5.89. The second-order valence-electron chi connectivity index (χ2n) is 6.98. The van der Waals surface area contributed by atoms with Gasteiger partial charge in [0.1, 0.15) is 5.54 Å². The molecule has 3 fully saturated rings. The summed E-state index contributed by atoms with van der Waals surface area (Å²) in [6.45, 7) is 1.17. The minimum Gasteiger partial charge on any atom is -0.480 e. The minimum absolute atomic E-state index is 0.169. The highest BCUT2D eigenvalue weighted by molar-refractivity contribution is 5.89. The van der Waals surface area contributed by atoms with Crippen LogP contribution in [0, 0.1) is 11.8 Å². The molecule has 0 aromatic rings. The van der Waals surface area contributed by atoms with E-state index in [4.69, 9.17) is 0 Å². The molecule has 2 saturated carbocycles. The Morgan fingerprint density at radius 2 is 1.68 bits per heavy atom. The smallest absolute Gasteiger partial charge is 0.329 e. The summed E-state index contributed by atoms with van der Waals surface area (Å²) in [7, 11) is 0. The van der Waals surface area contributed by atoms with Crippen molar-refractivity contribution in [3.63, 3.8) is 0 Å². The van der Waals surface area contributed by atoms with E-state index in [1.165, 1.54) is 0 Å². The molecule has 22 heavy (non-hydrogen) atoms. The zero-order valence-electron chi connectivity index (χ0n) is 12.8. The SMILES string of the molecule is O=C(NC1(C(=O)O)CCCC1)C1CCCN(C(=O)C2CC2)C1. The van der Waals surface area contributed by atoms with Crippen LogP contribution in [0.5, 0.6) is 0 Å². The summed E-state index contributed by atoms with van der Waals surface area (Å²) in [6.07, 6.45) is 6.17. The first-order valence-corrected chi connectivity index (χ1v) is 8.36. The maximum absolute atomic E-state index is 12.5. The molecule has 1 atom stereocenters. The first-order valence-electron chi connectivity index (χ1n) is 8.36. The van der Waals surface area contributed by atoms with Crippen LogP contribution in [0.3, 0.4) is 0 Å². The lowest BCUT2D eigenvalue weighted by Crippen LogP contribution is -2.56. The lowest BCUT2D eigenvalue weighted by Gasteiger charge is -2.34. The molecule has 0 aromatic carbocycles. The van der Waals surface area contributed by atoms with Crippen molar-refractivity contribution in [1.29, 1.82) is 0 Å². The van der Waals surface area contributed by atoms with Gasteiger partial charge in [-0.3, -0.25) is 9.59 Å². The fourth-order valence-corrected chi connectivity index (χ4v) is 3.69. The second-order valence-corrected chi connectivity index (χ2v) is 6.98. The number of nitrogens with one attached hydrogen (secondary N) is 1. The van der Waals surface area contributed by atoms with Gasteiger partial charge in [0.15, 0.2) is 0 Å². The number of nitrogens with zero attached hydrogens (tertiary/aromatic N) is 1. The highest BCUT2D eigenvalue weighted by Gasteiger charge is 2.44. The van der Waals surface area contributed by atoms with Gasteiger partial charge in [-0.15, -0.1) is 0 Å².